The number of hydrogen-bond donors (Lipinski definition) is 3. The topological polar surface area (TPSA) is 112 Å². The third kappa shape index (κ3) is 5.22. The van der Waals surface area contributed by atoms with Crippen molar-refractivity contribution >= 4 is 26.5 Å². The highest BCUT2D eigenvalue weighted by Crippen LogP contribution is 2.38. The van der Waals surface area contributed by atoms with Crippen molar-refractivity contribution in [3.8, 4) is 22.3 Å². The predicted molar refractivity (Wildman–Crippen MR) is 143 cm³/mol. The third-order valence-electron chi connectivity index (χ3n) is 6.00. The van der Waals surface area contributed by atoms with Crippen LogP contribution in [0.5, 0.6) is 0 Å². The molecule has 0 fully saturated rings. The van der Waals surface area contributed by atoms with Gasteiger partial charge in [0.05, 0.1) is 11.8 Å². The molecule has 0 aliphatic rings. The first-order valence-corrected chi connectivity index (χ1v) is 13.3. The first kappa shape index (κ1) is 24.5. The summed E-state index contributed by atoms with van der Waals surface area (Å²) in [6.07, 6.45) is 3.38. The van der Waals surface area contributed by atoms with Crippen molar-refractivity contribution in [2.75, 3.05) is 11.0 Å². The summed E-state index contributed by atoms with van der Waals surface area (Å²) < 4.78 is 25.7. The molecule has 8 heteroatoms. The van der Waals surface area contributed by atoms with Crippen LogP contribution in [0.15, 0.2) is 64.3 Å². The second-order valence-electron chi connectivity index (χ2n) is 9.79. The van der Waals surface area contributed by atoms with Gasteiger partial charge in [0, 0.05) is 11.9 Å². The Hall–Kier alpha value is -3.65. The van der Waals surface area contributed by atoms with E-state index in [1.165, 1.54) is 11.8 Å². The van der Waals surface area contributed by atoms with Crippen LogP contribution in [-0.4, -0.2) is 24.6 Å². The van der Waals surface area contributed by atoms with Gasteiger partial charge >= 0.3 is 5.69 Å². The number of nitrogens with one attached hydrogen (secondary N) is 3. The van der Waals surface area contributed by atoms with E-state index in [1.807, 2.05) is 30.3 Å². The van der Waals surface area contributed by atoms with Crippen LogP contribution in [0.3, 0.4) is 0 Å². The third-order valence-corrected chi connectivity index (χ3v) is 6.60. The Labute approximate surface area is 204 Å². The van der Waals surface area contributed by atoms with E-state index in [0.29, 0.717) is 11.3 Å². The minimum absolute atomic E-state index is 0.173. The van der Waals surface area contributed by atoms with Gasteiger partial charge in [-0.25, -0.2) is 13.2 Å². The lowest BCUT2D eigenvalue weighted by molar-refractivity contribution is 0.584. The van der Waals surface area contributed by atoms with E-state index in [9.17, 15) is 18.0 Å². The predicted octanol–water partition coefficient (Wildman–Crippen LogP) is 4.78. The molecule has 1 heterocycles. The molecule has 3 N–H and O–H groups in total. The number of benzene rings is 3. The van der Waals surface area contributed by atoms with Gasteiger partial charge in [-0.15, -0.1) is 0 Å². The van der Waals surface area contributed by atoms with Crippen molar-refractivity contribution in [1.29, 1.82) is 0 Å². The summed E-state index contributed by atoms with van der Waals surface area (Å²) in [7, 11) is -3.36. The highest BCUT2D eigenvalue weighted by molar-refractivity contribution is 7.92. The van der Waals surface area contributed by atoms with E-state index < -0.39 is 21.3 Å². The molecule has 0 aliphatic heterocycles. The SMILES string of the molecule is CCc1c(-c2ccc3cc(NS(C)(=O)=O)ccc3c2)cc(-c2c[nH]c(=O)[nH]c2=O)cc1C(C)(C)C. The summed E-state index contributed by atoms with van der Waals surface area (Å²) in [4.78, 5) is 29.0. The lowest BCUT2D eigenvalue weighted by atomic mass is 9.78. The second-order valence-corrected chi connectivity index (χ2v) is 11.5. The maximum Gasteiger partial charge on any atom is 0.325 e. The molecule has 0 aliphatic carbocycles. The molecular weight excluding hydrogens is 462 g/mol. The molecule has 0 saturated heterocycles. The van der Waals surface area contributed by atoms with Gasteiger partial charge in [-0.3, -0.25) is 14.5 Å². The maximum atomic E-state index is 12.6. The van der Waals surface area contributed by atoms with Crippen LogP contribution in [0, 0.1) is 0 Å². The van der Waals surface area contributed by atoms with E-state index in [4.69, 9.17) is 0 Å². The van der Waals surface area contributed by atoms with Crippen LogP contribution in [0.4, 0.5) is 5.69 Å². The molecule has 4 aromatic rings. The van der Waals surface area contributed by atoms with Gasteiger partial charge in [-0.2, -0.15) is 0 Å². The molecular formula is C27H29N3O4S. The smallest absolute Gasteiger partial charge is 0.313 e. The summed E-state index contributed by atoms with van der Waals surface area (Å²) >= 11 is 0. The fraction of sp³-hybridized carbons (Fsp3) is 0.259. The van der Waals surface area contributed by atoms with E-state index >= 15 is 0 Å². The number of H-pyrrole nitrogens is 2. The van der Waals surface area contributed by atoms with Crippen molar-refractivity contribution in [2.24, 2.45) is 0 Å². The number of aromatic amines is 2. The van der Waals surface area contributed by atoms with Crippen molar-refractivity contribution in [3.63, 3.8) is 0 Å². The zero-order valence-electron chi connectivity index (χ0n) is 20.4. The van der Waals surface area contributed by atoms with E-state index in [-0.39, 0.29) is 5.41 Å². The largest absolute Gasteiger partial charge is 0.325 e. The minimum atomic E-state index is -3.36. The molecule has 3 aromatic carbocycles. The number of anilines is 1. The zero-order chi connectivity index (χ0) is 25.5. The van der Waals surface area contributed by atoms with Gasteiger partial charge < -0.3 is 4.98 Å². The lowest BCUT2D eigenvalue weighted by Crippen LogP contribution is -2.23. The van der Waals surface area contributed by atoms with Crippen molar-refractivity contribution in [2.45, 2.75) is 39.5 Å². The van der Waals surface area contributed by atoms with Crippen molar-refractivity contribution in [3.05, 3.63) is 86.7 Å². The Bertz CT molecular complexity index is 1660. The highest BCUT2D eigenvalue weighted by Gasteiger charge is 2.22. The molecule has 1 aromatic heterocycles. The first-order chi connectivity index (χ1) is 16.4. The van der Waals surface area contributed by atoms with Crippen LogP contribution >= 0.6 is 0 Å². The number of hydrogen-bond acceptors (Lipinski definition) is 4. The molecule has 0 bridgehead atoms. The van der Waals surface area contributed by atoms with Crippen LogP contribution in [0.2, 0.25) is 0 Å². The Morgan fingerprint density at radius 3 is 2.20 bits per heavy atom. The molecule has 35 heavy (non-hydrogen) atoms. The normalized spacial score (nSPS) is 12.1. The Balaban J connectivity index is 1.94. The average molecular weight is 492 g/mol. The number of fused-ring (bicyclic) bond motifs is 1. The standard InChI is InChI=1S/C27H29N3O4S/c1-6-21-22(18-8-7-17-12-20(30-35(5,33)34)10-9-16(17)11-18)13-19(14-24(21)27(2,3)4)23-15-28-26(32)29-25(23)31/h7-15,30H,6H2,1-5H3,(H2,28,29,31,32). The van der Waals surface area contributed by atoms with E-state index in [2.05, 4.69) is 48.5 Å². The minimum Gasteiger partial charge on any atom is -0.313 e. The van der Waals surface area contributed by atoms with Gasteiger partial charge in [0.1, 0.15) is 0 Å². The van der Waals surface area contributed by atoms with Gasteiger partial charge in [0.25, 0.3) is 5.56 Å². The van der Waals surface area contributed by atoms with Crippen molar-refractivity contribution < 1.29 is 8.42 Å². The average Bonchev–Trinajstić information content (AvgIpc) is 2.76. The fourth-order valence-corrected chi connectivity index (χ4v) is 5.01. The summed E-state index contributed by atoms with van der Waals surface area (Å²) in [6, 6.07) is 15.5. The Morgan fingerprint density at radius 1 is 0.886 bits per heavy atom. The summed E-state index contributed by atoms with van der Waals surface area (Å²) in [5.74, 6) is 0. The summed E-state index contributed by atoms with van der Waals surface area (Å²) in [6.45, 7) is 8.54. The van der Waals surface area contributed by atoms with Crippen LogP contribution in [0.25, 0.3) is 33.0 Å². The van der Waals surface area contributed by atoms with Crippen LogP contribution < -0.4 is 16.0 Å². The number of rotatable bonds is 5. The van der Waals surface area contributed by atoms with E-state index in [1.54, 1.807) is 12.1 Å². The van der Waals surface area contributed by atoms with Gasteiger partial charge in [-0.1, -0.05) is 52.0 Å². The molecule has 4 rings (SSSR count). The van der Waals surface area contributed by atoms with Crippen LogP contribution in [0.1, 0.15) is 38.8 Å². The quantitative estimate of drug-likeness (QED) is 0.373. The second kappa shape index (κ2) is 8.85. The molecule has 0 saturated carbocycles. The summed E-state index contributed by atoms with van der Waals surface area (Å²) in [5, 5.41) is 1.87. The van der Waals surface area contributed by atoms with Crippen molar-refractivity contribution in [1.82, 2.24) is 9.97 Å². The molecule has 0 unspecified atom stereocenters. The monoisotopic (exact) mass is 491 g/mol. The van der Waals surface area contributed by atoms with Crippen LogP contribution in [-0.2, 0) is 21.9 Å². The highest BCUT2D eigenvalue weighted by atomic mass is 32.2. The lowest BCUT2D eigenvalue weighted by Gasteiger charge is -2.26. The molecule has 0 atom stereocenters. The maximum absolute atomic E-state index is 12.6. The summed E-state index contributed by atoms with van der Waals surface area (Å²) in [5.41, 5.74) is 4.82. The van der Waals surface area contributed by atoms with Gasteiger partial charge in [-0.05, 0) is 74.7 Å². The Kier molecular flexibility index (Phi) is 6.19. The number of aromatic nitrogens is 2. The van der Waals surface area contributed by atoms with Gasteiger partial charge in [0.2, 0.25) is 10.0 Å². The Morgan fingerprint density at radius 2 is 1.57 bits per heavy atom. The van der Waals surface area contributed by atoms with Gasteiger partial charge in [0.15, 0.2) is 0 Å². The number of sulfonamides is 1. The molecule has 0 amide bonds. The first-order valence-electron chi connectivity index (χ1n) is 11.4. The van der Waals surface area contributed by atoms with E-state index in [0.717, 1.165) is 45.7 Å². The molecule has 7 nitrogen and oxygen atoms in total. The molecule has 0 spiro atoms. The molecule has 0 radical (unpaired) electrons. The molecule has 182 valence electrons. The fourth-order valence-electron chi connectivity index (χ4n) is 4.45. The zero-order valence-corrected chi connectivity index (χ0v) is 21.3.